The summed E-state index contributed by atoms with van der Waals surface area (Å²) in [6.07, 6.45) is 1.69. The van der Waals surface area contributed by atoms with Crippen LogP contribution in [0.15, 0.2) is 98.8 Å². The van der Waals surface area contributed by atoms with Crippen LogP contribution < -0.4 is 0 Å². The molecule has 0 aliphatic carbocycles. The van der Waals surface area contributed by atoms with Crippen molar-refractivity contribution in [1.29, 1.82) is 0 Å². The Morgan fingerprint density at radius 1 is 0.763 bits per heavy atom. The summed E-state index contributed by atoms with van der Waals surface area (Å²) >= 11 is 0. The first-order valence-electron chi connectivity index (χ1n) is 10.9. The maximum absolute atomic E-state index is 13.1. The second-order valence-corrected chi connectivity index (χ2v) is 10.5. The fourth-order valence-corrected chi connectivity index (χ4v) is 4.32. The number of carbonyl (C=O) groups excluding carboxylic acids is 1. The maximum atomic E-state index is 13.1. The average molecular weight is 548 g/mol. The third-order valence-corrected chi connectivity index (χ3v) is 6.68. The summed E-state index contributed by atoms with van der Waals surface area (Å²) in [5, 5.41) is 0. The molecule has 0 saturated carbocycles. The number of ether oxygens (including phenoxy) is 1. The van der Waals surface area contributed by atoms with Gasteiger partial charge in [0.25, 0.3) is 5.89 Å². The van der Waals surface area contributed by atoms with Crippen LogP contribution in [0.5, 0.6) is 0 Å². The summed E-state index contributed by atoms with van der Waals surface area (Å²) in [5.41, 5.74) is 1.97. The molecule has 5 aromatic rings. The van der Waals surface area contributed by atoms with E-state index >= 15 is 0 Å². The van der Waals surface area contributed by atoms with Gasteiger partial charge in [0.05, 0.1) is 12.8 Å². The van der Waals surface area contributed by atoms with E-state index in [0.29, 0.717) is 5.76 Å². The summed E-state index contributed by atoms with van der Waals surface area (Å²) in [6, 6.07) is 18.1. The summed E-state index contributed by atoms with van der Waals surface area (Å²) in [4.78, 5) is 18.6. The molecule has 0 atom stereocenters. The predicted molar refractivity (Wildman–Crippen MR) is 131 cm³/mol. The van der Waals surface area contributed by atoms with Crippen LogP contribution in [-0.4, -0.2) is 23.0 Å². The summed E-state index contributed by atoms with van der Waals surface area (Å²) in [6.45, 7) is 0. The van der Waals surface area contributed by atoms with Crippen LogP contribution in [0.25, 0.3) is 45.6 Å². The zero-order valence-corrected chi connectivity index (χ0v) is 20.2. The van der Waals surface area contributed by atoms with E-state index in [4.69, 9.17) is 8.83 Å². The number of halogens is 5. The van der Waals surface area contributed by atoms with Gasteiger partial charge in [0.15, 0.2) is 17.2 Å². The lowest BCUT2D eigenvalue weighted by molar-refractivity contribution is 0.0595. The van der Waals surface area contributed by atoms with Crippen LogP contribution in [0.1, 0.15) is 10.5 Å². The Labute approximate surface area is 212 Å². The molecule has 3 heterocycles. The molecule has 0 radical (unpaired) electrons. The molecule has 196 valence electrons. The first-order chi connectivity index (χ1) is 17.8. The minimum Gasteiger partial charge on any atom is -0.464 e. The molecule has 0 aliphatic heterocycles. The van der Waals surface area contributed by atoms with E-state index < -0.39 is 21.1 Å². The highest BCUT2D eigenvalue weighted by atomic mass is 32.5. The Morgan fingerprint density at radius 2 is 1.39 bits per heavy atom. The average Bonchev–Trinajstić information content (AvgIpc) is 3.56. The van der Waals surface area contributed by atoms with Crippen LogP contribution >= 0.6 is 10.2 Å². The quantitative estimate of drug-likeness (QED) is 0.156. The van der Waals surface area contributed by atoms with Crippen LogP contribution in [0.3, 0.4) is 0 Å². The second-order valence-electron chi connectivity index (χ2n) is 8.14. The molecule has 12 heteroatoms. The van der Waals surface area contributed by atoms with Gasteiger partial charge in [-0.1, -0.05) is 49.8 Å². The molecule has 0 N–H and O–H groups in total. The lowest BCUT2D eigenvalue weighted by Gasteiger charge is -2.40. The number of pyridine rings is 1. The van der Waals surface area contributed by atoms with Crippen molar-refractivity contribution in [1.82, 2.24) is 9.97 Å². The molecule has 0 amide bonds. The number of benzene rings is 2. The molecule has 0 saturated heterocycles. The van der Waals surface area contributed by atoms with Gasteiger partial charge in [0.1, 0.15) is 10.7 Å². The van der Waals surface area contributed by atoms with E-state index in [1.165, 1.54) is 6.07 Å². The number of nitrogens with zero attached hydrogens (tertiary/aromatic N) is 2. The van der Waals surface area contributed by atoms with Gasteiger partial charge in [-0.2, -0.15) is 4.98 Å². The van der Waals surface area contributed by atoms with Gasteiger partial charge in [0, 0.05) is 22.9 Å². The Hall–Kier alpha value is -4.45. The maximum Gasteiger partial charge on any atom is 0.360 e. The van der Waals surface area contributed by atoms with E-state index in [2.05, 4.69) is 14.7 Å². The van der Waals surface area contributed by atoms with E-state index in [9.17, 15) is 24.2 Å². The molecule has 0 unspecified atom stereocenters. The molecule has 0 aliphatic rings. The lowest BCUT2D eigenvalue weighted by atomic mass is 10.1. The highest BCUT2D eigenvalue weighted by molar-refractivity contribution is 8.45. The molecular weight excluding hydrogens is 531 g/mol. The summed E-state index contributed by atoms with van der Waals surface area (Å²) < 4.78 is 81.6. The normalized spacial score (nSPS) is 13.5. The van der Waals surface area contributed by atoms with Crippen molar-refractivity contribution in [2.75, 3.05) is 7.11 Å². The minimum absolute atomic E-state index is 0.0911. The van der Waals surface area contributed by atoms with Crippen molar-refractivity contribution < 1.29 is 37.8 Å². The Balaban J connectivity index is 1.47. The first-order valence-corrected chi connectivity index (χ1v) is 12.8. The van der Waals surface area contributed by atoms with E-state index in [0.717, 1.165) is 36.1 Å². The fourth-order valence-electron chi connectivity index (χ4n) is 3.67. The smallest absolute Gasteiger partial charge is 0.360 e. The number of esters is 1. The SMILES string of the molecule is COC(=O)c1nc(-c2ccc(-c3ccc(-c4ccccn4)cc3)o2)oc1-c1ccc(S(F)(F)(F)(F)F)cc1. The molecule has 2 aromatic carbocycles. The second kappa shape index (κ2) is 8.28. The third kappa shape index (κ3) is 5.02. The molecule has 3 aromatic heterocycles. The van der Waals surface area contributed by atoms with Gasteiger partial charge in [0.2, 0.25) is 0 Å². The van der Waals surface area contributed by atoms with Crippen molar-refractivity contribution in [2.45, 2.75) is 4.90 Å². The Morgan fingerprint density at radius 3 is 2.00 bits per heavy atom. The molecule has 0 bridgehead atoms. The van der Waals surface area contributed by atoms with Gasteiger partial charge in [-0.25, -0.2) is 4.79 Å². The number of carbonyl (C=O) groups is 1. The molecule has 5 rings (SSSR count). The third-order valence-electron chi connectivity index (χ3n) is 5.51. The highest BCUT2D eigenvalue weighted by Crippen LogP contribution is 3.02. The molecular formula is C26H17F5N2O4S. The van der Waals surface area contributed by atoms with E-state index in [-0.39, 0.29) is 40.8 Å². The van der Waals surface area contributed by atoms with Crippen molar-refractivity contribution in [2.24, 2.45) is 0 Å². The predicted octanol–water partition coefficient (Wildman–Crippen LogP) is 8.77. The van der Waals surface area contributed by atoms with Gasteiger partial charge in [-0.15, -0.1) is 0 Å². The number of rotatable bonds is 6. The van der Waals surface area contributed by atoms with Crippen molar-refractivity contribution in [3.8, 4) is 45.6 Å². The van der Waals surface area contributed by atoms with Gasteiger partial charge in [-0.05, 0) is 48.5 Å². The molecule has 38 heavy (non-hydrogen) atoms. The fraction of sp³-hybridized carbons (Fsp3) is 0.0385. The lowest BCUT2D eigenvalue weighted by Crippen LogP contribution is -2.06. The van der Waals surface area contributed by atoms with Gasteiger partial charge >= 0.3 is 16.2 Å². The largest absolute Gasteiger partial charge is 0.464 e. The summed E-state index contributed by atoms with van der Waals surface area (Å²) in [5.74, 6) is -0.795. The standard InChI is InChI=1S/C26H17F5N2O4S/c1-35-26(34)23-24(18-9-11-19(12-10-18)38(27,28,29,30)31)37-25(33-23)22-14-13-21(36-22)17-7-5-16(6-8-17)20-4-2-3-15-32-20/h2-15H,1H3. The molecule has 6 nitrogen and oxygen atoms in total. The summed E-state index contributed by atoms with van der Waals surface area (Å²) in [7, 11) is -8.79. The van der Waals surface area contributed by atoms with Crippen molar-refractivity contribution in [3.05, 3.63) is 90.8 Å². The van der Waals surface area contributed by atoms with E-state index in [1.54, 1.807) is 12.3 Å². The number of hydrogen-bond donors (Lipinski definition) is 0. The first kappa shape index (κ1) is 25.2. The topological polar surface area (TPSA) is 78.4 Å². The zero-order valence-electron chi connectivity index (χ0n) is 19.4. The molecule has 0 fully saturated rings. The zero-order chi connectivity index (χ0) is 27.2. The van der Waals surface area contributed by atoms with Gasteiger partial charge in [-0.3, -0.25) is 4.98 Å². The number of oxazole rings is 1. The van der Waals surface area contributed by atoms with Crippen LogP contribution in [0.4, 0.5) is 19.4 Å². The monoisotopic (exact) mass is 548 g/mol. The number of hydrogen-bond acceptors (Lipinski definition) is 6. The van der Waals surface area contributed by atoms with Crippen LogP contribution in [0, 0.1) is 0 Å². The number of furan rings is 1. The van der Waals surface area contributed by atoms with Crippen LogP contribution in [-0.2, 0) is 4.74 Å². The Bertz CT molecular complexity index is 1630. The molecule has 0 spiro atoms. The van der Waals surface area contributed by atoms with Crippen molar-refractivity contribution in [3.63, 3.8) is 0 Å². The number of aromatic nitrogens is 2. The highest BCUT2D eigenvalue weighted by Gasteiger charge is 2.65. The van der Waals surface area contributed by atoms with Gasteiger partial charge < -0.3 is 13.6 Å². The van der Waals surface area contributed by atoms with E-state index in [1.807, 2.05) is 42.5 Å². The van der Waals surface area contributed by atoms with Crippen molar-refractivity contribution >= 4 is 16.2 Å². The van der Waals surface area contributed by atoms with Crippen LogP contribution in [0.2, 0.25) is 0 Å². The minimum atomic E-state index is -9.87. The Kier molecular flexibility index (Phi) is 5.49. The number of methoxy groups -OCH3 is 1.